The number of pyridine rings is 1. The van der Waals surface area contributed by atoms with E-state index in [1.54, 1.807) is 23.5 Å². The number of hydrogen-bond donors (Lipinski definition) is 1. The molecular formula is C20H25N5O4S. The second kappa shape index (κ2) is 8.11. The first kappa shape index (κ1) is 20.4. The lowest BCUT2D eigenvalue weighted by Gasteiger charge is -2.36. The van der Waals surface area contributed by atoms with E-state index in [1.165, 1.54) is 4.90 Å². The van der Waals surface area contributed by atoms with E-state index in [0.29, 0.717) is 45.0 Å². The summed E-state index contributed by atoms with van der Waals surface area (Å²) in [5.41, 5.74) is 2.41. The summed E-state index contributed by atoms with van der Waals surface area (Å²) >= 11 is 0. The van der Waals surface area contributed by atoms with Gasteiger partial charge >= 0.3 is 6.09 Å². The molecule has 2 aromatic rings. The fourth-order valence-corrected chi connectivity index (χ4v) is 5.02. The molecule has 30 heavy (non-hydrogen) atoms. The number of para-hydroxylation sites is 2. The Morgan fingerprint density at radius 3 is 2.30 bits per heavy atom. The lowest BCUT2D eigenvalue weighted by atomic mass is 10.1. The maximum atomic E-state index is 12.0. The standard InChI is InChI=1S/C20H25N5O4S/c1-2-30(28,29)23-11-9-22(10-12-23)16-7-8-19(21-15-16)24-13-14-25(20(26)27)18-6-4-3-5-17(18)24/h3-8,15H,2,9-14H2,1H3,(H,26,27). The van der Waals surface area contributed by atoms with Crippen molar-refractivity contribution in [2.24, 2.45) is 0 Å². The van der Waals surface area contributed by atoms with Crippen LogP contribution in [0.3, 0.4) is 0 Å². The third kappa shape index (κ3) is 3.80. The number of carboxylic acid groups (broad SMARTS) is 1. The van der Waals surface area contributed by atoms with Crippen molar-refractivity contribution in [3.05, 3.63) is 42.6 Å². The van der Waals surface area contributed by atoms with Crippen LogP contribution in [0.4, 0.5) is 27.7 Å². The molecule has 0 saturated carbocycles. The third-order valence-electron chi connectivity index (χ3n) is 5.61. The van der Waals surface area contributed by atoms with Gasteiger partial charge in [0.1, 0.15) is 5.82 Å². The number of carbonyl (C=O) groups is 1. The monoisotopic (exact) mass is 431 g/mol. The van der Waals surface area contributed by atoms with Crippen molar-refractivity contribution in [3.8, 4) is 0 Å². The SMILES string of the molecule is CCS(=O)(=O)N1CCN(c2ccc(N3CCN(C(=O)O)c4ccccc43)nc2)CC1. The average Bonchev–Trinajstić information content (AvgIpc) is 2.78. The molecule has 2 aliphatic heterocycles. The molecule has 3 heterocycles. The summed E-state index contributed by atoms with van der Waals surface area (Å²) in [5.74, 6) is 0.878. The van der Waals surface area contributed by atoms with Crippen LogP contribution >= 0.6 is 0 Å². The molecule has 160 valence electrons. The number of anilines is 4. The highest BCUT2D eigenvalue weighted by atomic mass is 32.2. The van der Waals surface area contributed by atoms with Crippen molar-refractivity contribution in [2.75, 3.05) is 59.7 Å². The van der Waals surface area contributed by atoms with E-state index < -0.39 is 16.1 Å². The molecule has 0 aliphatic carbocycles. The Morgan fingerprint density at radius 2 is 1.70 bits per heavy atom. The Hall–Kier alpha value is -2.85. The van der Waals surface area contributed by atoms with Crippen LogP contribution < -0.4 is 14.7 Å². The van der Waals surface area contributed by atoms with Gasteiger partial charge in [-0.2, -0.15) is 4.31 Å². The molecule has 10 heteroatoms. The van der Waals surface area contributed by atoms with Gasteiger partial charge in [-0.15, -0.1) is 0 Å². The summed E-state index contributed by atoms with van der Waals surface area (Å²) in [5, 5.41) is 9.45. The van der Waals surface area contributed by atoms with Crippen molar-refractivity contribution >= 4 is 39.0 Å². The highest BCUT2D eigenvalue weighted by Gasteiger charge is 2.28. The molecule has 4 rings (SSSR count). The average molecular weight is 432 g/mol. The molecule has 1 aromatic heterocycles. The van der Waals surface area contributed by atoms with Crippen LogP contribution in [0, 0.1) is 0 Å². The number of fused-ring (bicyclic) bond motifs is 1. The topological polar surface area (TPSA) is 97.3 Å². The number of nitrogens with zero attached hydrogens (tertiary/aromatic N) is 5. The maximum absolute atomic E-state index is 12.0. The zero-order chi connectivity index (χ0) is 21.3. The van der Waals surface area contributed by atoms with Crippen LogP contribution in [-0.4, -0.2) is 73.9 Å². The van der Waals surface area contributed by atoms with Crippen LogP contribution in [-0.2, 0) is 10.0 Å². The first-order chi connectivity index (χ1) is 14.4. The minimum atomic E-state index is -3.15. The fourth-order valence-electron chi connectivity index (χ4n) is 3.93. The van der Waals surface area contributed by atoms with E-state index in [4.69, 9.17) is 0 Å². The van der Waals surface area contributed by atoms with Crippen LogP contribution in [0.15, 0.2) is 42.6 Å². The molecule has 0 atom stereocenters. The Balaban J connectivity index is 1.50. The molecule has 1 amide bonds. The maximum Gasteiger partial charge on any atom is 0.411 e. The van der Waals surface area contributed by atoms with E-state index in [0.717, 1.165) is 17.2 Å². The molecule has 1 fully saturated rings. The highest BCUT2D eigenvalue weighted by molar-refractivity contribution is 7.89. The van der Waals surface area contributed by atoms with Crippen molar-refractivity contribution in [1.82, 2.24) is 9.29 Å². The quantitative estimate of drug-likeness (QED) is 0.792. The van der Waals surface area contributed by atoms with E-state index >= 15 is 0 Å². The fraction of sp³-hybridized carbons (Fsp3) is 0.400. The van der Waals surface area contributed by atoms with Gasteiger partial charge in [-0.1, -0.05) is 12.1 Å². The van der Waals surface area contributed by atoms with Gasteiger partial charge in [-0.3, -0.25) is 4.90 Å². The lowest BCUT2D eigenvalue weighted by molar-refractivity contribution is 0.201. The Labute approximate surface area is 176 Å². The molecule has 0 spiro atoms. The van der Waals surface area contributed by atoms with E-state index in [-0.39, 0.29) is 5.75 Å². The number of piperazine rings is 1. The predicted octanol–water partition coefficient (Wildman–Crippen LogP) is 2.19. The summed E-state index contributed by atoms with van der Waals surface area (Å²) in [6, 6.07) is 11.3. The van der Waals surface area contributed by atoms with Gasteiger partial charge < -0.3 is 14.9 Å². The number of benzene rings is 1. The van der Waals surface area contributed by atoms with E-state index in [1.807, 2.05) is 35.2 Å². The minimum absolute atomic E-state index is 0.125. The summed E-state index contributed by atoms with van der Waals surface area (Å²) in [6.45, 7) is 4.75. The van der Waals surface area contributed by atoms with Crippen LogP contribution in [0.5, 0.6) is 0 Å². The summed E-state index contributed by atoms with van der Waals surface area (Å²) in [7, 11) is -3.15. The van der Waals surface area contributed by atoms with Crippen molar-refractivity contribution in [3.63, 3.8) is 0 Å². The van der Waals surface area contributed by atoms with Gasteiger partial charge in [-0.05, 0) is 31.2 Å². The van der Waals surface area contributed by atoms with Gasteiger partial charge in [0.25, 0.3) is 0 Å². The van der Waals surface area contributed by atoms with Crippen molar-refractivity contribution in [1.29, 1.82) is 0 Å². The zero-order valence-electron chi connectivity index (χ0n) is 16.8. The molecule has 9 nitrogen and oxygen atoms in total. The van der Waals surface area contributed by atoms with Gasteiger partial charge in [0.05, 0.1) is 29.0 Å². The van der Waals surface area contributed by atoms with Gasteiger partial charge in [0, 0.05) is 39.3 Å². The predicted molar refractivity (Wildman–Crippen MR) is 116 cm³/mol. The number of aromatic nitrogens is 1. The Morgan fingerprint density at radius 1 is 1.00 bits per heavy atom. The normalized spacial score (nSPS) is 17.7. The molecular weight excluding hydrogens is 406 g/mol. The number of hydrogen-bond acceptors (Lipinski definition) is 6. The van der Waals surface area contributed by atoms with Crippen molar-refractivity contribution < 1.29 is 18.3 Å². The van der Waals surface area contributed by atoms with Crippen LogP contribution in [0.1, 0.15) is 6.92 Å². The summed E-state index contributed by atoms with van der Waals surface area (Å²) < 4.78 is 25.6. The largest absolute Gasteiger partial charge is 0.465 e. The second-order valence-electron chi connectivity index (χ2n) is 7.24. The smallest absolute Gasteiger partial charge is 0.411 e. The molecule has 1 saturated heterocycles. The first-order valence-electron chi connectivity index (χ1n) is 9.96. The van der Waals surface area contributed by atoms with E-state index in [2.05, 4.69) is 9.88 Å². The second-order valence-corrected chi connectivity index (χ2v) is 9.49. The summed E-state index contributed by atoms with van der Waals surface area (Å²) in [6.07, 6.45) is 0.834. The van der Waals surface area contributed by atoms with Crippen LogP contribution in [0.25, 0.3) is 0 Å². The minimum Gasteiger partial charge on any atom is -0.465 e. The molecule has 0 radical (unpaired) electrons. The lowest BCUT2D eigenvalue weighted by Crippen LogP contribution is -2.49. The Bertz CT molecular complexity index is 1020. The molecule has 0 unspecified atom stereocenters. The van der Waals surface area contributed by atoms with Crippen LogP contribution in [0.2, 0.25) is 0 Å². The van der Waals surface area contributed by atoms with Crippen molar-refractivity contribution in [2.45, 2.75) is 6.92 Å². The van der Waals surface area contributed by atoms with E-state index in [9.17, 15) is 18.3 Å². The zero-order valence-corrected chi connectivity index (χ0v) is 17.6. The number of rotatable bonds is 4. The number of sulfonamides is 1. The molecule has 1 aromatic carbocycles. The van der Waals surface area contributed by atoms with Gasteiger partial charge in [-0.25, -0.2) is 18.2 Å². The molecule has 2 aliphatic rings. The summed E-state index contributed by atoms with van der Waals surface area (Å²) in [4.78, 5) is 21.6. The molecule has 1 N–H and O–H groups in total. The Kier molecular flexibility index (Phi) is 5.52. The third-order valence-corrected chi connectivity index (χ3v) is 7.49. The first-order valence-corrected chi connectivity index (χ1v) is 11.6. The van der Waals surface area contributed by atoms with Gasteiger partial charge in [0.2, 0.25) is 10.0 Å². The number of amides is 1. The molecule has 0 bridgehead atoms. The van der Waals surface area contributed by atoms with Gasteiger partial charge in [0.15, 0.2) is 0 Å². The highest BCUT2D eigenvalue weighted by Crippen LogP contribution is 2.37.